The fourth-order valence-corrected chi connectivity index (χ4v) is 2.05. The Balaban J connectivity index is 1.84. The molecule has 4 heteroatoms. The third-order valence-electron chi connectivity index (χ3n) is 2.99. The number of para-hydroxylation sites is 1. The summed E-state index contributed by atoms with van der Waals surface area (Å²) in [4.78, 5) is 6.60. The molecule has 0 aliphatic carbocycles. The van der Waals surface area contributed by atoms with Crippen LogP contribution in [0.15, 0.2) is 41.3 Å². The van der Waals surface area contributed by atoms with E-state index in [0.29, 0.717) is 0 Å². The molecule has 88 valence electrons. The number of morpholine rings is 1. The molecule has 0 aromatic heterocycles. The quantitative estimate of drug-likeness (QED) is 0.795. The van der Waals surface area contributed by atoms with Crippen LogP contribution in [0.4, 0.5) is 5.69 Å². The van der Waals surface area contributed by atoms with Crippen LogP contribution >= 0.6 is 0 Å². The lowest BCUT2D eigenvalue weighted by atomic mass is 10.2. The topological polar surface area (TPSA) is 36.9 Å². The molecular weight excluding hydrogens is 214 g/mol. The maximum Gasteiger partial charge on any atom is 0.125 e. The molecule has 2 aliphatic heterocycles. The zero-order valence-electron chi connectivity index (χ0n) is 9.60. The summed E-state index contributed by atoms with van der Waals surface area (Å²) >= 11 is 0. The first-order valence-electron chi connectivity index (χ1n) is 5.85. The normalized spacial score (nSPS) is 19.1. The summed E-state index contributed by atoms with van der Waals surface area (Å²) in [7, 11) is 0. The molecule has 1 fully saturated rings. The second-order valence-corrected chi connectivity index (χ2v) is 4.10. The number of hydrogen-bond acceptors (Lipinski definition) is 4. The number of fused-ring (bicyclic) bond motifs is 1. The highest BCUT2D eigenvalue weighted by molar-refractivity contribution is 5.89. The highest BCUT2D eigenvalue weighted by Crippen LogP contribution is 2.20. The van der Waals surface area contributed by atoms with E-state index in [-0.39, 0.29) is 0 Å². The zero-order chi connectivity index (χ0) is 11.5. The molecule has 0 amide bonds. The van der Waals surface area contributed by atoms with Gasteiger partial charge in [-0.05, 0) is 6.07 Å². The molecule has 0 saturated carbocycles. The fraction of sp³-hybridized carbons (Fsp3) is 0.308. The van der Waals surface area contributed by atoms with E-state index >= 15 is 0 Å². The van der Waals surface area contributed by atoms with E-state index in [9.17, 15) is 0 Å². The average molecular weight is 229 g/mol. The molecule has 1 aromatic rings. The van der Waals surface area contributed by atoms with Gasteiger partial charge < -0.3 is 15.0 Å². The van der Waals surface area contributed by atoms with Crippen molar-refractivity contribution in [3.63, 3.8) is 0 Å². The molecule has 1 aromatic carbocycles. The van der Waals surface area contributed by atoms with Crippen LogP contribution in [0.25, 0.3) is 0 Å². The zero-order valence-corrected chi connectivity index (χ0v) is 9.60. The van der Waals surface area contributed by atoms with Gasteiger partial charge in [-0.25, -0.2) is 0 Å². The number of anilines is 1. The van der Waals surface area contributed by atoms with Crippen LogP contribution in [0, 0.1) is 0 Å². The molecule has 4 nitrogen and oxygen atoms in total. The molecule has 17 heavy (non-hydrogen) atoms. The second kappa shape index (κ2) is 4.59. The monoisotopic (exact) mass is 229 g/mol. The summed E-state index contributed by atoms with van der Waals surface area (Å²) in [5, 5.41) is 3.44. The van der Waals surface area contributed by atoms with E-state index in [1.807, 2.05) is 24.5 Å². The minimum atomic E-state index is 0.782. The number of ether oxygens (including phenoxy) is 1. The predicted molar refractivity (Wildman–Crippen MR) is 68.1 cm³/mol. The van der Waals surface area contributed by atoms with E-state index in [1.54, 1.807) is 0 Å². The molecule has 0 spiro atoms. The van der Waals surface area contributed by atoms with Crippen LogP contribution in [0.2, 0.25) is 0 Å². The van der Waals surface area contributed by atoms with Crippen molar-refractivity contribution in [1.29, 1.82) is 0 Å². The lowest BCUT2D eigenvalue weighted by Gasteiger charge is -2.30. The fourth-order valence-electron chi connectivity index (χ4n) is 2.05. The van der Waals surface area contributed by atoms with Gasteiger partial charge in [-0.1, -0.05) is 18.2 Å². The smallest absolute Gasteiger partial charge is 0.125 e. The van der Waals surface area contributed by atoms with Gasteiger partial charge in [-0.2, -0.15) is 0 Å². The number of aliphatic imine (C=N–C) groups is 1. The Morgan fingerprint density at radius 2 is 2.00 bits per heavy atom. The van der Waals surface area contributed by atoms with Gasteiger partial charge >= 0.3 is 0 Å². The van der Waals surface area contributed by atoms with Crippen molar-refractivity contribution >= 4 is 11.9 Å². The summed E-state index contributed by atoms with van der Waals surface area (Å²) in [6, 6.07) is 8.18. The lowest BCUT2D eigenvalue weighted by molar-refractivity contribution is 0.0542. The molecule has 3 rings (SSSR count). The highest BCUT2D eigenvalue weighted by atomic mass is 16.5. The average Bonchev–Trinajstić information content (AvgIpc) is 2.62. The maximum atomic E-state index is 5.36. The predicted octanol–water partition coefficient (Wildman–Crippen LogP) is 1.66. The van der Waals surface area contributed by atoms with Gasteiger partial charge in [-0.3, -0.25) is 4.99 Å². The largest absolute Gasteiger partial charge is 0.378 e. The highest BCUT2D eigenvalue weighted by Gasteiger charge is 2.15. The number of nitrogens with zero attached hydrogens (tertiary/aromatic N) is 2. The van der Waals surface area contributed by atoms with E-state index in [0.717, 1.165) is 43.4 Å². The molecule has 0 unspecified atom stereocenters. The van der Waals surface area contributed by atoms with Gasteiger partial charge in [0, 0.05) is 30.6 Å². The first-order chi connectivity index (χ1) is 8.43. The number of rotatable bonds is 1. The van der Waals surface area contributed by atoms with Crippen LogP contribution in [-0.4, -0.2) is 37.4 Å². The van der Waals surface area contributed by atoms with Gasteiger partial charge in [-0.15, -0.1) is 0 Å². The van der Waals surface area contributed by atoms with Crippen molar-refractivity contribution in [2.75, 3.05) is 31.6 Å². The Bertz CT molecular complexity index is 461. The summed E-state index contributed by atoms with van der Waals surface area (Å²) in [6.07, 6.45) is 3.76. The van der Waals surface area contributed by atoms with Crippen molar-refractivity contribution in [1.82, 2.24) is 4.90 Å². The standard InChI is InChI=1S/C13H15N3O/c1-2-4-12-11(3-1)9-14-10-13(15-12)16-5-7-17-8-6-16/h1-4,9-10,15H,5-8H2. The molecule has 1 saturated heterocycles. The Morgan fingerprint density at radius 3 is 2.88 bits per heavy atom. The summed E-state index contributed by atoms with van der Waals surface area (Å²) in [5.74, 6) is 1.05. The SMILES string of the molecule is C1=NC=C(N2CCOCC2)Nc2ccccc21. The molecule has 0 atom stereocenters. The molecule has 0 radical (unpaired) electrons. The van der Waals surface area contributed by atoms with Crippen LogP contribution in [0.3, 0.4) is 0 Å². The van der Waals surface area contributed by atoms with Gasteiger partial charge in [0.25, 0.3) is 0 Å². The maximum absolute atomic E-state index is 5.36. The molecular formula is C13H15N3O. The van der Waals surface area contributed by atoms with Crippen LogP contribution < -0.4 is 5.32 Å². The summed E-state index contributed by atoms with van der Waals surface area (Å²) < 4.78 is 5.36. The van der Waals surface area contributed by atoms with Crippen molar-refractivity contribution < 1.29 is 4.74 Å². The van der Waals surface area contributed by atoms with E-state index in [2.05, 4.69) is 27.3 Å². The van der Waals surface area contributed by atoms with E-state index < -0.39 is 0 Å². The molecule has 0 bridgehead atoms. The Kier molecular flexibility index (Phi) is 2.80. The summed E-state index contributed by atoms with van der Waals surface area (Å²) in [5.41, 5.74) is 2.22. The van der Waals surface area contributed by atoms with Gasteiger partial charge in [0.1, 0.15) is 5.82 Å². The Morgan fingerprint density at radius 1 is 1.18 bits per heavy atom. The number of hydrogen-bond donors (Lipinski definition) is 1. The van der Waals surface area contributed by atoms with Gasteiger partial charge in [0.15, 0.2) is 0 Å². The van der Waals surface area contributed by atoms with Gasteiger partial charge in [0.05, 0.1) is 19.4 Å². The molecule has 1 N–H and O–H groups in total. The summed E-state index contributed by atoms with van der Waals surface area (Å²) in [6.45, 7) is 3.39. The van der Waals surface area contributed by atoms with E-state index in [4.69, 9.17) is 4.74 Å². The van der Waals surface area contributed by atoms with Crippen LogP contribution in [-0.2, 0) is 4.74 Å². The minimum absolute atomic E-state index is 0.782. The van der Waals surface area contributed by atoms with E-state index in [1.165, 1.54) is 0 Å². The molecule has 2 aliphatic rings. The van der Waals surface area contributed by atoms with Gasteiger partial charge in [0.2, 0.25) is 0 Å². The number of nitrogens with one attached hydrogen (secondary N) is 1. The van der Waals surface area contributed by atoms with Crippen molar-refractivity contribution in [2.24, 2.45) is 4.99 Å². The van der Waals surface area contributed by atoms with Crippen molar-refractivity contribution in [3.8, 4) is 0 Å². The first kappa shape index (κ1) is 10.4. The van der Waals surface area contributed by atoms with Crippen LogP contribution in [0.1, 0.15) is 5.56 Å². The lowest BCUT2D eigenvalue weighted by Crippen LogP contribution is -2.37. The van der Waals surface area contributed by atoms with Crippen LogP contribution in [0.5, 0.6) is 0 Å². The first-order valence-corrected chi connectivity index (χ1v) is 5.85. The third kappa shape index (κ3) is 2.17. The molecule has 2 heterocycles. The second-order valence-electron chi connectivity index (χ2n) is 4.10. The number of benzene rings is 1. The Hall–Kier alpha value is -1.81. The minimum Gasteiger partial charge on any atom is -0.378 e. The third-order valence-corrected chi connectivity index (χ3v) is 2.99. The Labute approximate surface area is 101 Å². The van der Waals surface area contributed by atoms with Crippen molar-refractivity contribution in [3.05, 3.63) is 41.8 Å². The van der Waals surface area contributed by atoms with Crippen molar-refractivity contribution in [2.45, 2.75) is 0 Å².